The minimum Gasteiger partial charge on any atom is -0.492 e. The SMILES string of the molecule is CCCCCCOc1c(Cl)cc2c(c1C)OC(C(F)(F)F)C(C(=O)O)=C2. The van der Waals surface area contributed by atoms with Gasteiger partial charge in [0, 0.05) is 11.1 Å². The van der Waals surface area contributed by atoms with E-state index in [0.29, 0.717) is 12.2 Å². The van der Waals surface area contributed by atoms with Crippen LogP contribution in [0.1, 0.15) is 43.7 Å². The number of hydrogen-bond donors (Lipinski definition) is 1. The second-order valence-electron chi connectivity index (χ2n) is 6.08. The zero-order valence-electron chi connectivity index (χ0n) is 14.5. The molecule has 0 fully saturated rings. The van der Waals surface area contributed by atoms with Gasteiger partial charge in [0.15, 0.2) is 0 Å². The highest BCUT2D eigenvalue weighted by molar-refractivity contribution is 6.32. The van der Waals surface area contributed by atoms with Gasteiger partial charge in [0.1, 0.15) is 11.5 Å². The van der Waals surface area contributed by atoms with Crippen molar-refractivity contribution in [3.05, 3.63) is 27.8 Å². The summed E-state index contributed by atoms with van der Waals surface area (Å²) in [5.74, 6) is -1.50. The highest BCUT2D eigenvalue weighted by Crippen LogP contribution is 2.44. The quantitative estimate of drug-likeness (QED) is 0.631. The molecule has 4 nitrogen and oxygen atoms in total. The van der Waals surface area contributed by atoms with Gasteiger partial charge in [-0.05, 0) is 25.5 Å². The number of carboxylic acid groups (broad SMARTS) is 1. The van der Waals surface area contributed by atoms with E-state index in [4.69, 9.17) is 26.2 Å². The van der Waals surface area contributed by atoms with Crippen LogP contribution < -0.4 is 9.47 Å². The van der Waals surface area contributed by atoms with Crippen LogP contribution in [0, 0.1) is 6.92 Å². The molecule has 144 valence electrons. The Hall–Kier alpha value is -1.89. The van der Waals surface area contributed by atoms with E-state index in [1.807, 2.05) is 0 Å². The number of ether oxygens (including phenoxy) is 2. The molecule has 1 unspecified atom stereocenters. The smallest absolute Gasteiger partial charge is 0.430 e. The first-order valence-electron chi connectivity index (χ1n) is 8.31. The van der Waals surface area contributed by atoms with Crippen molar-refractivity contribution in [2.24, 2.45) is 0 Å². The van der Waals surface area contributed by atoms with Crippen LogP contribution in [0.5, 0.6) is 11.5 Å². The fraction of sp³-hybridized carbons (Fsp3) is 0.500. The number of benzene rings is 1. The lowest BCUT2D eigenvalue weighted by Gasteiger charge is -2.29. The minimum absolute atomic E-state index is 0.0646. The second kappa shape index (κ2) is 8.20. The Morgan fingerprint density at radius 2 is 2.04 bits per heavy atom. The van der Waals surface area contributed by atoms with E-state index in [-0.39, 0.29) is 22.1 Å². The largest absolute Gasteiger partial charge is 0.492 e. The molecule has 1 aromatic rings. The molecular weight excluding hydrogens is 373 g/mol. The number of hydrogen-bond acceptors (Lipinski definition) is 3. The number of halogens is 4. The molecule has 1 heterocycles. The van der Waals surface area contributed by atoms with Gasteiger partial charge in [-0.25, -0.2) is 4.79 Å². The number of aliphatic carboxylic acids is 1. The zero-order valence-corrected chi connectivity index (χ0v) is 15.2. The van der Waals surface area contributed by atoms with Crippen LogP contribution in [0.25, 0.3) is 6.08 Å². The highest BCUT2D eigenvalue weighted by Gasteiger charge is 2.48. The lowest BCUT2D eigenvalue weighted by molar-refractivity contribution is -0.187. The van der Waals surface area contributed by atoms with E-state index < -0.39 is 23.8 Å². The maximum atomic E-state index is 13.2. The molecule has 0 spiro atoms. The van der Waals surface area contributed by atoms with Crippen molar-refractivity contribution in [2.75, 3.05) is 6.61 Å². The van der Waals surface area contributed by atoms with Gasteiger partial charge in [-0.1, -0.05) is 37.8 Å². The maximum Gasteiger partial charge on any atom is 0.430 e. The average molecular weight is 393 g/mol. The van der Waals surface area contributed by atoms with Crippen molar-refractivity contribution >= 4 is 23.6 Å². The zero-order chi connectivity index (χ0) is 19.5. The molecule has 1 aliphatic rings. The molecule has 0 saturated heterocycles. The third-order valence-electron chi connectivity index (χ3n) is 4.06. The van der Waals surface area contributed by atoms with Gasteiger partial charge < -0.3 is 14.6 Å². The summed E-state index contributed by atoms with van der Waals surface area (Å²) >= 11 is 6.18. The molecule has 26 heavy (non-hydrogen) atoms. The third kappa shape index (κ3) is 4.44. The fourth-order valence-corrected chi connectivity index (χ4v) is 3.07. The first kappa shape index (κ1) is 20.4. The summed E-state index contributed by atoms with van der Waals surface area (Å²) in [5.41, 5.74) is -0.379. The first-order chi connectivity index (χ1) is 12.2. The van der Waals surface area contributed by atoms with Crippen LogP contribution in [0.4, 0.5) is 13.2 Å². The monoisotopic (exact) mass is 392 g/mol. The summed E-state index contributed by atoms with van der Waals surface area (Å²) in [5, 5.41) is 9.27. The molecule has 0 bridgehead atoms. The lowest BCUT2D eigenvalue weighted by Crippen LogP contribution is -2.40. The number of alkyl halides is 3. The van der Waals surface area contributed by atoms with Crippen molar-refractivity contribution in [1.29, 1.82) is 0 Å². The molecule has 1 aliphatic heterocycles. The number of unbranched alkanes of at least 4 members (excludes halogenated alkanes) is 3. The van der Waals surface area contributed by atoms with Gasteiger partial charge in [0.25, 0.3) is 0 Å². The van der Waals surface area contributed by atoms with Crippen molar-refractivity contribution in [3.63, 3.8) is 0 Å². The predicted octanol–water partition coefficient (Wildman–Crippen LogP) is 5.40. The Morgan fingerprint density at radius 3 is 2.62 bits per heavy atom. The summed E-state index contributed by atoms with van der Waals surface area (Å²) in [6.07, 6.45) is -2.52. The van der Waals surface area contributed by atoms with E-state index in [1.165, 1.54) is 6.07 Å². The number of carbonyl (C=O) groups is 1. The highest BCUT2D eigenvalue weighted by atomic mass is 35.5. The van der Waals surface area contributed by atoms with Gasteiger partial charge in [-0.2, -0.15) is 13.2 Å². The standard InChI is InChI=1S/C18H20ClF3O4/c1-3-4-5-6-7-25-15-10(2)14-11(9-13(15)19)8-12(17(23)24)16(26-14)18(20,21)22/h8-9,16H,3-7H2,1-2H3,(H,23,24). The molecule has 0 saturated carbocycles. The topological polar surface area (TPSA) is 55.8 Å². The summed E-state index contributed by atoms with van der Waals surface area (Å²) in [4.78, 5) is 11.2. The van der Waals surface area contributed by atoms with Gasteiger partial charge in [-0.15, -0.1) is 0 Å². The lowest BCUT2D eigenvalue weighted by atomic mass is 9.98. The van der Waals surface area contributed by atoms with Gasteiger partial charge in [0.2, 0.25) is 6.10 Å². The molecule has 1 N–H and O–H groups in total. The normalized spacial score (nSPS) is 16.5. The van der Waals surface area contributed by atoms with E-state index in [9.17, 15) is 18.0 Å². The molecular formula is C18H20ClF3O4. The number of fused-ring (bicyclic) bond motifs is 1. The minimum atomic E-state index is -4.85. The molecule has 0 aliphatic carbocycles. The molecule has 1 atom stereocenters. The Balaban J connectivity index is 2.34. The second-order valence-corrected chi connectivity index (χ2v) is 6.49. The molecule has 8 heteroatoms. The van der Waals surface area contributed by atoms with E-state index in [0.717, 1.165) is 31.8 Å². The predicted molar refractivity (Wildman–Crippen MR) is 91.9 cm³/mol. The van der Waals surface area contributed by atoms with Crippen molar-refractivity contribution in [1.82, 2.24) is 0 Å². The Labute approximate surface area is 154 Å². The van der Waals surface area contributed by atoms with Crippen LogP contribution in [-0.4, -0.2) is 30.0 Å². The molecule has 0 amide bonds. The van der Waals surface area contributed by atoms with E-state index in [1.54, 1.807) is 6.92 Å². The molecule has 0 radical (unpaired) electrons. The molecule has 0 aromatic heterocycles. The van der Waals surface area contributed by atoms with Crippen LogP contribution in [0.3, 0.4) is 0 Å². The summed E-state index contributed by atoms with van der Waals surface area (Å²) in [7, 11) is 0. The van der Waals surface area contributed by atoms with Crippen LogP contribution >= 0.6 is 11.6 Å². The average Bonchev–Trinajstić information content (AvgIpc) is 2.55. The molecule has 1 aromatic carbocycles. The van der Waals surface area contributed by atoms with E-state index >= 15 is 0 Å². The van der Waals surface area contributed by atoms with Gasteiger partial charge in [0.05, 0.1) is 17.2 Å². The van der Waals surface area contributed by atoms with Crippen LogP contribution in [0.2, 0.25) is 5.02 Å². The number of rotatable bonds is 7. The van der Waals surface area contributed by atoms with Crippen molar-refractivity contribution in [2.45, 2.75) is 51.8 Å². The third-order valence-corrected chi connectivity index (χ3v) is 4.34. The van der Waals surface area contributed by atoms with Gasteiger partial charge in [-0.3, -0.25) is 0 Å². The Bertz CT molecular complexity index is 713. The summed E-state index contributed by atoms with van der Waals surface area (Å²) < 4.78 is 50.2. The Kier molecular flexibility index (Phi) is 6.44. The van der Waals surface area contributed by atoms with E-state index in [2.05, 4.69) is 6.92 Å². The van der Waals surface area contributed by atoms with Crippen LogP contribution in [0.15, 0.2) is 11.6 Å². The van der Waals surface area contributed by atoms with Crippen molar-refractivity contribution in [3.8, 4) is 11.5 Å². The Morgan fingerprint density at radius 1 is 1.35 bits per heavy atom. The molecule has 2 rings (SSSR count). The van der Waals surface area contributed by atoms with Crippen molar-refractivity contribution < 1.29 is 32.5 Å². The fourth-order valence-electron chi connectivity index (χ4n) is 2.75. The first-order valence-corrected chi connectivity index (χ1v) is 8.68. The van der Waals surface area contributed by atoms with Gasteiger partial charge >= 0.3 is 12.1 Å². The van der Waals surface area contributed by atoms with Crippen LogP contribution in [-0.2, 0) is 4.79 Å². The maximum absolute atomic E-state index is 13.2. The number of carboxylic acids is 1. The summed E-state index contributed by atoms with van der Waals surface area (Å²) in [6, 6.07) is 1.36. The summed E-state index contributed by atoms with van der Waals surface area (Å²) in [6.45, 7) is 4.01.